The number of nitrogens with zero attached hydrogens (tertiary/aromatic N) is 2. The first-order valence-corrected chi connectivity index (χ1v) is 11.4. The third-order valence-electron chi connectivity index (χ3n) is 6.28. The Labute approximate surface area is 188 Å². The average molecular weight is 444 g/mol. The number of likely N-dealkylation sites (tertiary alicyclic amines) is 2. The molecule has 2 aliphatic heterocycles. The van der Waals surface area contributed by atoms with Crippen molar-refractivity contribution in [1.82, 2.24) is 15.1 Å². The molecular formula is C24H30ClN3O3. The fourth-order valence-electron chi connectivity index (χ4n) is 4.62. The highest BCUT2D eigenvalue weighted by Gasteiger charge is 2.32. The molecule has 1 unspecified atom stereocenters. The molecule has 1 amide bonds. The number of phenols is 2. The van der Waals surface area contributed by atoms with Crippen LogP contribution in [0.25, 0.3) is 0 Å². The Balaban J connectivity index is 1.41. The van der Waals surface area contributed by atoms with Crippen LogP contribution in [0, 0.1) is 0 Å². The number of aromatic hydroxyl groups is 2. The van der Waals surface area contributed by atoms with Gasteiger partial charge < -0.3 is 25.3 Å². The van der Waals surface area contributed by atoms with Crippen LogP contribution in [-0.4, -0.2) is 58.6 Å². The lowest BCUT2D eigenvalue weighted by Gasteiger charge is -2.26. The molecule has 2 aliphatic rings. The van der Waals surface area contributed by atoms with E-state index in [2.05, 4.69) is 28.4 Å². The van der Waals surface area contributed by atoms with Crippen LogP contribution in [0.15, 0.2) is 36.4 Å². The monoisotopic (exact) mass is 443 g/mol. The van der Waals surface area contributed by atoms with Crippen molar-refractivity contribution in [2.75, 3.05) is 32.7 Å². The number of phenolic OH excluding ortho intramolecular Hbond substituents is 2. The maximum absolute atomic E-state index is 13.1. The number of halogens is 1. The van der Waals surface area contributed by atoms with E-state index in [1.54, 1.807) is 4.90 Å². The molecule has 0 spiro atoms. The third kappa shape index (κ3) is 5.14. The number of carbonyl (C=O) groups is 1. The second kappa shape index (κ2) is 9.90. The van der Waals surface area contributed by atoms with Gasteiger partial charge in [0.05, 0.1) is 16.6 Å². The van der Waals surface area contributed by atoms with Crippen LogP contribution in [-0.2, 0) is 6.54 Å². The number of hydrogen-bond acceptors (Lipinski definition) is 5. The van der Waals surface area contributed by atoms with Crippen molar-refractivity contribution < 1.29 is 15.0 Å². The zero-order valence-corrected chi connectivity index (χ0v) is 18.4. The van der Waals surface area contributed by atoms with Gasteiger partial charge in [0.25, 0.3) is 5.91 Å². The van der Waals surface area contributed by atoms with Crippen molar-refractivity contribution in [2.24, 2.45) is 0 Å². The van der Waals surface area contributed by atoms with Crippen molar-refractivity contribution in [2.45, 2.75) is 38.3 Å². The Hall–Kier alpha value is -2.28. The fourth-order valence-corrected chi connectivity index (χ4v) is 4.78. The van der Waals surface area contributed by atoms with E-state index in [0.717, 1.165) is 44.1 Å². The zero-order chi connectivity index (χ0) is 21.8. The molecule has 2 aromatic rings. The molecule has 2 heterocycles. The quantitative estimate of drug-likeness (QED) is 0.565. The largest absolute Gasteiger partial charge is 0.507 e. The summed E-state index contributed by atoms with van der Waals surface area (Å²) in [5.41, 5.74) is 2.43. The number of carbonyl (C=O) groups excluding carboxylic acids is 1. The molecule has 3 N–H and O–H groups in total. The van der Waals surface area contributed by atoms with Crippen molar-refractivity contribution in [1.29, 1.82) is 0 Å². The van der Waals surface area contributed by atoms with E-state index in [-0.39, 0.29) is 34.0 Å². The van der Waals surface area contributed by atoms with Crippen molar-refractivity contribution in [3.63, 3.8) is 0 Å². The standard InChI is InChI=1S/C24H30ClN3O3/c25-20-14-19(22(29)15-23(20)30)24(31)28-11-4-7-21(28)18-6-3-5-17(13-18)16-26-8-12-27-9-1-2-10-27/h3,5-6,13-15,21,26,29-30H,1-2,4,7-12,16H2. The zero-order valence-electron chi connectivity index (χ0n) is 17.7. The molecule has 0 aliphatic carbocycles. The van der Waals surface area contributed by atoms with E-state index < -0.39 is 0 Å². The second-order valence-electron chi connectivity index (χ2n) is 8.45. The van der Waals surface area contributed by atoms with Crippen LogP contribution in [0.1, 0.15) is 53.2 Å². The smallest absolute Gasteiger partial charge is 0.258 e. The lowest BCUT2D eigenvalue weighted by molar-refractivity contribution is 0.0732. The van der Waals surface area contributed by atoms with Gasteiger partial charge in [-0.15, -0.1) is 0 Å². The molecule has 166 valence electrons. The second-order valence-corrected chi connectivity index (χ2v) is 8.86. The summed E-state index contributed by atoms with van der Waals surface area (Å²) in [5.74, 6) is -0.761. The van der Waals surface area contributed by atoms with Gasteiger partial charge in [-0.2, -0.15) is 0 Å². The molecule has 2 aromatic carbocycles. The molecule has 0 radical (unpaired) electrons. The summed E-state index contributed by atoms with van der Waals surface area (Å²) in [6, 6.07) is 10.8. The molecule has 0 aromatic heterocycles. The minimum atomic E-state index is -0.268. The van der Waals surface area contributed by atoms with E-state index >= 15 is 0 Å². The van der Waals surface area contributed by atoms with Gasteiger partial charge in [-0.25, -0.2) is 0 Å². The molecule has 31 heavy (non-hydrogen) atoms. The molecule has 2 fully saturated rings. The number of rotatable bonds is 7. The Kier molecular flexibility index (Phi) is 7.00. The molecule has 2 saturated heterocycles. The maximum Gasteiger partial charge on any atom is 0.258 e. The highest BCUT2D eigenvalue weighted by Crippen LogP contribution is 2.37. The highest BCUT2D eigenvalue weighted by molar-refractivity contribution is 6.32. The molecule has 4 rings (SSSR count). The Morgan fingerprint density at radius 2 is 1.87 bits per heavy atom. The van der Waals surface area contributed by atoms with Crippen LogP contribution < -0.4 is 5.32 Å². The van der Waals surface area contributed by atoms with Gasteiger partial charge in [-0.3, -0.25) is 4.79 Å². The lowest BCUT2D eigenvalue weighted by atomic mass is 10.0. The molecule has 1 atom stereocenters. The normalized spacial score (nSPS) is 19.3. The minimum Gasteiger partial charge on any atom is -0.507 e. The number of hydrogen-bond donors (Lipinski definition) is 3. The summed E-state index contributed by atoms with van der Waals surface area (Å²) < 4.78 is 0. The van der Waals surface area contributed by atoms with E-state index in [0.29, 0.717) is 6.54 Å². The first kappa shape index (κ1) is 21.9. The number of nitrogens with one attached hydrogen (secondary N) is 1. The molecule has 7 heteroatoms. The number of benzene rings is 2. The molecule has 6 nitrogen and oxygen atoms in total. The third-order valence-corrected chi connectivity index (χ3v) is 6.58. The highest BCUT2D eigenvalue weighted by atomic mass is 35.5. The minimum absolute atomic E-state index is 0.0379. The first-order valence-electron chi connectivity index (χ1n) is 11.1. The summed E-state index contributed by atoms with van der Waals surface area (Å²) in [4.78, 5) is 17.4. The predicted octanol–water partition coefficient (Wildman–Crippen LogP) is 3.91. The van der Waals surface area contributed by atoms with Crippen LogP contribution in [0.2, 0.25) is 5.02 Å². The maximum atomic E-state index is 13.1. The Bertz CT molecular complexity index is 930. The van der Waals surface area contributed by atoms with Crippen LogP contribution in [0.4, 0.5) is 0 Å². The van der Waals surface area contributed by atoms with Gasteiger partial charge in [-0.1, -0.05) is 35.9 Å². The van der Waals surface area contributed by atoms with Gasteiger partial charge in [0.1, 0.15) is 11.5 Å². The molecule has 0 bridgehead atoms. The van der Waals surface area contributed by atoms with Crippen molar-refractivity contribution in [3.8, 4) is 11.5 Å². The van der Waals surface area contributed by atoms with Gasteiger partial charge >= 0.3 is 0 Å². The topological polar surface area (TPSA) is 76.0 Å². The van der Waals surface area contributed by atoms with E-state index in [1.165, 1.54) is 37.6 Å². The number of amides is 1. The Morgan fingerprint density at radius 3 is 2.68 bits per heavy atom. The van der Waals surface area contributed by atoms with E-state index in [4.69, 9.17) is 11.6 Å². The van der Waals surface area contributed by atoms with Crippen molar-refractivity contribution in [3.05, 3.63) is 58.1 Å². The van der Waals surface area contributed by atoms with Crippen LogP contribution in [0.3, 0.4) is 0 Å². The predicted molar refractivity (Wildman–Crippen MR) is 122 cm³/mol. The van der Waals surface area contributed by atoms with Gasteiger partial charge in [-0.05, 0) is 56.0 Å². The average Bonchev–Trinajstić information content (AvgIpc) is 3.46. The summed E-state index contributed by atoms with van der Waals surface area (Å²) in [7, 11) is 0. The summed E-state index contributed by atoms with van der Waals surface area (Å²) in [6.45, 7) is 5.91. The summed E-state index contributed by atoms with van der Waals surface area (Å²) >= 11 is 5.97. The lowest BCUT2D eigenvalue weighted by Crippen LogP contribution is -2.31. The SMILES string of the molecule is O=C(c1cc(Cl)c(O)cc1O)N1CCCC1c1cccc(CNCCN2CCCC2)c1. The Morgan fingerprint density at radius 1 is 1.06 bits per heavy atom. The molecular weight excluding hydrogens is 414 g/mol. The fraction of sp³-hybridized carbons (Fsp3) is 0.458. The van der Waals surface area contributed by atoms with Gasteiger partial charge in [0.2, 0.25) is 0 Å². The van der Waals surface area contributed by atoms with E-state index in [1.807, 2.05) is 6.07 Å². The first-order chi connectivity index (χ1) is 15.0. The summed E-state index contributed by atoms with van der Waals surface area (Å²) in [5, 5.41) is 23.4. The van der Waals surface area contributed by atoms with Gasteiger partial charge in [0.15, 0.2) is 0 Å². The van der Waals surface area contributed by atoms with E-state index in [9.17, 15) is 15.0 Å². The summed E-state index contributed by atoms with van der Waals surface area (Å²) in [6.07, 6.45) is 4.41. The van der Waals surface area contributed by atoms with Crippen LogP contribution >= 0.6 is 11.6 Å². The van der Waals surface area contributed by atoms with Gasteiger partial charge in [0, 0.05) is 32.2 Å². The van der Waals surface area contributed by atoms with Crippen LogP contribution in [0.5, 0.6) is 11.5 Å². The van der Waals surface area contributed by atoms with Crippen molar-refractivity contribution >= 4 is 17.5 Å². The molecule has 0 saturated carbocycles.